The Morgan fingerprint density at radius 3 is 2.67 bits per heavy atom. The number of rotatable bonds is 4. The number of nitrogens with one attached hydrogen (secondary N) is 1. The fraction of sp³-hybridized carbons (Fsp3) is 0.0588. The molecule has 1 aromatic heterocycles. The van der Waals surface area contributed by atoms with Crippen molar-refractivity contribution in [2.75, 3.05) is 12.4 Å². The quantitative estimate of drug-likeness (QED) is 0.662. The van der Waals surface area contributed by atoms with Crippen LogP contribution in [0.1, 0.15) is 10.4 Å². The van der Waals surface area contributed by atoms with Crippen molar-refractivity contribution in [2.24, 2.45) is 0 Å². The maximum Gasteiger partial charge on any atom is 0.261 e. The summed E-state index contributed by atoms with van der Waals surface area (Å²) in [5.41, 5.74) is 2.04. The number of carbonyl (C=O) groups excluding carboxylic acids is 1. The molecule has 2 aromatic carbocycles. The Kier molecular flexibility index (Phi) is 5.04. The molecule has 0 fully saturated rings. The minimum Gasteiger partial charge on any atom is -0.494 e. The van der Waals surface area contributed by atoms with Crippen LogP contribution in [0.2, 0.25) is 10.0 Å². The van der Waals surface area contributed by atoms with E-state index in [9.17, 15) is 4.79 Å². The van der Waals surface area contributed by atoms with Gasteiger partial charge < -0.3 is 4.74 Å². The molecule has 0 spiro atoms. The van der Waals surface area contributed by atoms with E-state index in [1.807, 2.05) is 35.7 Å². The third-order valence-corrected chi connectivity index (χ3v) is 4.51. The molecule has 3 aromatic rings. The molecular weight excluding hydrogens is 367 g/mol. The topological polar surface area (TPSA) is 51.2 Å². The van der Waals surface area contributed by atoms with Gasteiger partial charge in [-0.05, 0) is 12.1 Å². The third-order valence-electron chi connectivity index (χ3n) is 3.25. The third kappa shape index (κ3) is 3.53. The number of benzene rings is 2. The summed E-state index contributed by atoms with van der Waals surface area (Å²) in [4.78, 5) is 16.9. The highest BCUT2D eigenvalue weighted by molar-refractivity contribution is 7.14. The molecule has 0 saturated heterocycles. The second-order valence-electron chi connectivity index (χ2n) is 4.83. The number of halogens is 2. The fourth-order valence-corrected chi connectivity index (χ4v) is 3.46. The van der Waals surface area contributed by atoms with Crippen LogP contribution in [0.3, 0.4) is 0 Å². The van der Waals surface area contributed by atoms with Crippen LogP contribution in [0.15, 0.2) is 47.8 Å². The van der Waals surface area contributed by atoms with E-state index in [2.05, 4.69) is 10.3 Å². The van der Waals surface area contributed by atoms with Crippen molar-refractivity contribution in [2.45, 2.75) is 0 Å². The lowest BCUT2D eigenvalue weighted by molar-refractivity contribution is 0.102. The zero-order chi connectivity index (χ0) is 17.1. The average molecular weight is 379 g/mol. The SMILES string of the molecule is COc1c(Cl)cc(Cl)cc1C(=O)Nc1nc(-c2ccccc2)cs1. The van der Waals surface area contributed by atoms with Crippen molar-refractivity contribution >= 4 is 45.6 Å². The molecule has 0 bridgehead atoms. The molecule has 0 radical (unpaired) electrons. The molecule has 1 N–H and O–H groups in total. The number of hydrogen-bond acceptors (Lipinski definition) is 4. The first-order valence-electron chi connectivity index (χ1n) is 6.94. The molecule has 0 aliphatic heterocycles. The number of methoxy groups -OCH3 is 1. The van der Waals surface area contributed by atoms with E-state index in [0.717, 1.165) is 11.3 Å². The van der Waals surface area contributed by atoms with Gasteiger partial charge in [0.2, 0.25) is 0 Å². The summed E-state index contributed by atoms with van der Waals surface area (Å²) >= 11 is 13.4. The standard InChI is InChI=1S/C17H12Cl2N2O2S/c1-23-15-12(7-11(18)8-13(15)19)16(22)21-17-20-14(9-24-17)10-5-3-2-4-6-10/h2-9H,1H3,(H,20,21,22). The Balaban J connectivity index is 1.85. The van der Waals surface area contributed by atoms with Crippen molar-refractivity contribution < 1.29 is 9.53 Å². The zero-order valence-electron chi connectivity index (χ0n) is 12.5. The van der Waals surface area contributed by atoms with Crippen LogP contribution in [0, 0.1) is 0 Å². The highest BCUT2D eigenvalue weighted by Crippen LogP contribution is 2.33. The molecule has 0 atom stereocenters. The lowest BCUT2D eigenvalue weighted by Gasteiger charge is -2.10. The predicted molar refractivity (Wildman–Crippen MR) is 98.5 cm³/mol. The number of ether oxygens (including phenoxy) is 1. The molecule has 0 unspecified atom stereocenters. The summed E-state index contributed by atoms with van der Waals surface area (Å²) in [6.45, 7) is 0. The van der Waals surface area contributed by atoms with Gasteiger partial charge in [0.25, 0.3) is 5.91 Å². The van der Waals surface area contributed by atoms with Crippen molar-refractivity contribution in [3.63, 3.8) is 0 Å². The molecule has 0 saturated carbocycles. The van der Waals surface area contributed by atoms with Crippen LogP contribution in [0.25, 0.3) is 11.3 Å². The Morgan fingerprint density at radius 1 is 1.21 bits per heavy atom. The van der Waals surface area contributed by atoms with E-state index in [1.165, 1.54) is 30.6 Å². The molecular formula is C17H12Cl2N2O2S. The number of nitrogens with zero attached hydrogens (tertiary/aromatic N) is 1. The Bertz CT molecular complexity index is 882. The van der Waals surface area contributed by atoms with E-state index >= 15 is 0 Å². The van der Waals surface area contributed by atoms with Crippen LogP contribution in [0.5, 0.6) is 5.75 Å². The van der Waals surface area contributed by atoms with E-state index in [0.29, 0.717) is 10.2 Å². The van der Waals surface area contributed by atoms with Gasteiger partial charge in [-0.1, -0.05) is 53.5 Å². The maximum absolute atomic E-state index is 12.5. The normalized spacial score (nSPS) is 10.5. The minimum absolute atomic E-state index is 0.256. The molecule has 1 heterocycles. The lowest BCUT2D eigenvalue weighted by Crippen LogP contribution is -2.13. The van der Waals surface area contributed by atoms with Gasteiger partial charge in [-0.3, -0.25) is 10.1 Å². The number of amides is 1. The molecule has 0 aliphatic carbocycles. The average Bonchev–Trinajstić information content (AvgIpc) is 3.03. The van der Waals surface area contributed by atoms with Crippen molar-refractivity contribution in [1.29, 1.82) is 0 Å². The van der Waals surface area contributed by atoms with Gasteiger partial charge in [-0.2, -0.15) is 0 Å². The highest BCUT2D eigenvalue weighted by atomic mass is 35.5. The van der Waals surface area contributed by atoms with Gasteiger partial charge in [0.1, 0.15) is 5.75 Å². The maximum atomic E-state index is 12.5. The van der Waals surface area contributed by atoms with Gasteiger partial charge in [0.05, 0.1) is 23.4 Å². The predicted octanol–water partition coefficient (Wildman–Crippen LogP) is 5.38. The number of thiazole rings is 1. The van der Waals surface area contributed by atoms with E-state index in [1.54, 1.807) is 0 Å². The molecule has 4 nitrogen and oxygen atoms in total. The molecule has 0 aliphatic rings. The van der Waals surface area contributed by atoms with Gasteiger partial charge in [0.15, 0.2) is 5.13 Å². The van der Waals surface area contributed by atoms with Crippen LogP contribution < -0.4 is 10.1 Å². The largest absolute Gasteiger partial charge is 0.494 e. The molecule has 1 amide bonds. The first-order chi connectivity index (χ1) is 11.6. The summed E-state index contributed by atoms with van der Waals surface area (Å²) in [6, 6.07) is 12.8. The first-order valence-corrected chi connectivity index (χ1v) is 8.57. The summed E-state index contributed by atoms with van der Waals surface area (Å²) < 4.78 is 5.20. The number of hydrogen-bond donors (Lipinski definition) is 1. The second-order valence-corrected chi connectivity index (χ2v) is 6.53. The van der Waals surface area contributed by atoms with Crippen molar-refractivity contribution in [1.82, 2.24) is 4.98 Å². The van der Waals surface area contributed by atoms with Gasteiger partial charge >= 0.3 is 0 Å². The summed E-state index contributed by atoms with van der Waals surface area (Å²) in [6.07, 6.45) is 0. The number of carbonyl (C=O) groups is 1. The lowest BCUT2D eigenvalue weighted by atomic mass is 10.2. The van der Waals surface area contributed by atoms with Crippen LogP contribution in [0.4, 0.5) is 5.13 Å². The van der Waals surface area contributed by atoms with Crippen LogP contribution in [-0.4, -0.2) is 18.0 Å². The highest BCUT2D eigenvalue weighted by Gasteiger charge is 2.18. The molecule has 3 rings (SSSR count). The van der Waals surface area contributed by atoms with Gasteiger partial charge in [0, 0.05) is 16.0 Å². The van der Waals surface area contributed by atoms with Crippen molar-refractivity contribution in [3.05, 3.63) is 63.5 Å². The number of anilines is 1. The summed E-state index contributed by atoms with van der Waals surface area (Å²) in [7, 11) is 1.45. The van der Waals surface area contributed by atoms with Gasteiger partial charge in [-0.15, -0.1) is 11.3 Å². The van der Waals surface area contributed by atoms with E-state index < -0.39 is 0 Å². The van der Waals surface area contributed by atoms with E-state index in [4.69, 9.17) is 27.9 Å². The van der Waals surface area contributed by atoms with E-state index in [-0.39, 0.29) is 22.2 Å². The monoisotopic (exact) mass is 378 g/mol. The fourth-order valence-electron chi connectivity index (χ4n) is 2.17. The Morgan fingerprint density at radius 2 is 1.96 bits per heavy atom. The van der Waals surface area contributed by atoms with Crippen LogP contribution >= 0.6 is 34.5 Å². The first kappa shape index (κ1) is 16.8. The number of aromatic nitrogens is 1. The Labute approximate surface area is 153 Å². The molecule has 122 valence electrons. The summed E-state index contributed by atoms with van der Waals surface area (Å²) in [5, 5.41) is 5.75. The Hall–Kier alpha value is -2.08. The van der Waals surface area contributed by atoms with Crippen molar-refractivity contribution in [3.8, 4) is 17.0 Å². The summed E-state index contributed by atoms with van der Waals surface area (Å²) in [5.74, 6) is -0.108. The minimum atomic E-state index is -0.384. The molecule has 7 heteroatoms. The second kappa shape index (κ2) is 7.21. The van der Waals surface area contributed by atoms with Gasteiger partial charge in [-0.25, -0.2) is 4.98 Å². The van der Waals surface area contributed by atoms with Crippen LogP contribution in [-0.2, 0) is 0 Å². The smallest absolute Gasteiger partial charge is 0.261 e. The molecule has 24 heavy (non-hydrogen) atoms. The zero-order valence-corrected chi connectivity index (χ0v) is 14.9.